The van der Waals surface area contributed by atoms with E-state index in [4.69, 9.17) is 0 Å². The molecule has 0 aromatic heterocycles. The quantitative estimate of drug-likeness (QED) is 0.723. The molecular weight excluding hydrogens is 275 g/mol. The van der Waals surface area contributed by atoms with E-state index in [0.29, 0.717) is 18.4 Å². The van der Waals surface area contributed by atoms with Crippen LogP contribution in [0.1, 0.15) is 32.3 Å². The highest BCUT2D eigenvalue weighted by Gasteiger charge is 2.35. The van der Waals surface area contributed by atoms with Gasteiger partial charge in [-0.15, -0.1) is 0 Å². The number of benzene rings is 1. The molecule has 0 bridgehead atoms. The monoisotopic (exact) mass is 296 g/mol. The predicted molar refractivity (Wildman–Crippen MR) is 77.3 cm³/mol. The van der Waals surface area contributed by atoms with E-state index in [-0.39, 0.29) is 18.9 Å². The minimum Gasteiger partial charge on any atom is -0.481 e. The molecule has 1 aromatic carbocycles. The van der Waals surface area contributed by atoms with Crippen LogP contribution in [0.4, 0.5) is 9.18 Å². The van der Waals surface area contributed by atoms with Gasteiger partial charge < -0.3 is 15.7 Å². The van der Waals surface area contributed by atoms with Gasteiger partial charge in [-0.05, 0) is 18.9 Å². The molecule has 0 heterocycles. The Labute approximate surface area is 123 Å². The zero-order valence-electron chi connectivity index (χ0n) is 12.3. The third-order valence-electron chi connectivity index (χ3n) is 3.79. The first-order valence-corrected chi connectivity index (χ1v) is 6.93. The Morgan fingerprint density at radius 2 is 1.81 bits per heavy atom. The van der Waals surface area contributed by atoms with Gasteiger partial charge in [0, 0.05) is 18.7 Å². The first-order chi connectivity index (χ1) is 9.95. The Balaban J connectivity index is 2.51. The van der Waals surface area contributed by atoms with Gasteiger partial charge in [0.25, 0.3) is 0 Å². The smallest absolute Gasteiger partial charge is 0.315 e. The van der Waals surface area contributed by atoms with Crippen molar-refractivity contribution in [3.63, 3.8) is 0 Å². The summed E-state index contributed by atoms with van der Waals surface area (Å²) in [5.41, 5.74) is -0.585. The summed E-state index contributed by atoms with van der Waals surface area (Å²) in [6.45, 7) is 3.64. The number of urea groups is 1. The van der Waals surface area contributed by atoms with Crippen molar-refractivity contribution in [3.05, 3.63) is 35.6 Å². The van der Waals surface area contributed by atoms with Gasteiger partial charge in [-0.3, -0.25) is 4.79 Å². The minimum atomic E-state index is -0.963. The van der Waals surface area contributed by atoms with Gasteiger partial charge >= 0.3 is 12.0 Å². The predicted octanol–water partition coefficient (Wildman–Crippen LogP) is 2.52. The summed E-state index contributed by atoms with van der Waals surface area (Å²) in [6, 6.07) is 5.64. The van der Waals surface area contributed by atoms with Crippen LogP contribution in [0.25, 0.3) is 0 Å². The van der Waals surface area contributed by atoms with Gasteiger partial charge in [-0.25, -0.2) is 9.18 Å². The van der Waals surface area contributed by atoms with Crippen LogP contribution in [0.5, 0.6) is 0 Å². The van der Waals surface area contributed by atoms with E-state index in [1.165, 1.54) is 6.07 Å². The summed E-state index contributed by atoms with van der Waals surface area (Å²) < 4.78 is 13.4. The number of carbonyl (C=O) groups excluding carboxylic acids is 1. The standard InChI is InChI=1S/C15H21FN2O3/c1-3-15(4-2,13(19)20)10-18-14(21)17-9-11-7-5-6-8-12(11)16/h5-8H,3-4,9-10H2,1-2H3,(H,19,20)(H2,17,18,21). The van der Waals surface area contributed by atoms with E-state index < -0.39 is 17.4 Å². The molecule has 116 valence electrons. The Kier molecular flexibility index (Phi) is 6.14. The molecule has 2 amide bonds. The molecule has 21 heavy (non-hydrogen) atoms. The zero-order chi connectivity index (χ0) is 15.9. The molecule has 0 spiro atoms. The molecular formula is C15H21FN2O3. The lowest BCUT2D eigenvalue weighted by Crippen LogP contribution is -2.45. The fourth-order valence-electron chi connectivity index (χ4n) is 2.01. The average Bonchev–Trinajstić information content (AvgIpc) is 2.47. The maximum absolute atomic E-state index is 13.4. The molecule has 3 N–H and O–H groups in total. The summed E-state index contributed by atoms with van der Waals surface area (Å²) >= 11 is 0. The van der Waals surface area contributed by atoms with Crippen LogP contribution in [0.15, 0.2) is 24.3 Å². The van der Waals surface area contributed by atoms with Crippen LogP contribution in [0, 0.1) is 11.2 Å². The molecule has 0 aliphatic heterocycles. The third kappa shape index (κ3) is 4.44. The molecule has 0 atom stereocenters. The SMILES string of the molecule is CCC(CC)(CNC(=O)NCc1ccccc1F)C(=O)O. The Morgan fingerprint density at radius 1 is 1.19 bits per heavy atom. The molecule has 0 unspecified atom stereocenters. The summed E-state index contributed by atoms with van der Waals surface area (Å²) in [4.78, 5) is 23.0. The minimum absolute atomic E-state index is 0.0401. The van der Waals surface area contributed by atoms with E-state index in [9.17, 15) is 19.1 Å². The Hall–Kier alpha value is -2.11. The molecule has 1 aromatic rings. The normalized spacial score (nSPS) is 11.0. The van der Waals surface area contributed by atoms with Gasteiger partial charge in [-0.2, -0.15) is 0 Å². The van der Waals surface area contributed by atoms with Crippen molar-refractivity contribution in [1.82, 2.24) is 10.6 Å². The van der Waals surface area contributed by atoms with Gasteiger partial charge in [0.05, 0.1) is 5.41 Å². The van der Waals surface area contributed by atoms with Crippen molar-refractivity contribution in [1.29, 1.82) is 0 Å². The van der Waals surface area contributed by atoms with Crippen LogP contribution < -0.4 is 10.6 Å². The van der Waals surface area contributed by atoms with Crippen LogP contribution in [-0.4, -0.2) is 23.7 Å². The maximum atomic E-state index is 13.4. The lowest BCUT2D eigenvalue weighted by Gasteiger charge is -2.26. The summed E-state index contributed by atoms with van der Waals surface area (Å²) in [5, 5.41) is 14.3. The second-order valence-corrected chi connectivity index (χ2v) is 4.92. The van der Waals surface area contributed by atoms with E-state index in [0.717, 1.165) is 0 Å². The molecule has 0 saturated carbocycles. The van der Waals surface area contributed by atoms with Crippen molar-refractivity contribution >= 4 is 12.0 Å². The number of hydrogen-bond acceptors (Lipinski definition) is 2. The van der Waals surface area contributed by atoms with Crippen molar-refractivity contribution in [2.45, 2.75) is 33.2 Å². The second kappa shape index (κ2) is 7.61. The van der Waals surface area contributed by atoms with E-state index >= 15 is 0 Å². The summed E-state index contributed by atoms with van der Waals surface area (Å²) in [6.07, 6.45) is 0.846. The fourth-order valence-corrected chi connectivity index (χ4v) is 2.01. The van der Waals surface area contributed by atoms with Crippen LogP contribution in [0.2, 0.25) is 0 Å². The molecule has 0 aliphatic rings. The highest BCUT2D eigenvalue weighted by Crippen LogP contribution is 2.25. The number of carbonyl (C=O) groups is 2. The number of carboxylic acids is 1. The third-order valence-corrected chi connectivity index (χ3v) is 3.79. The van der Waals surface area contributed by atoms with E-state index in [1.54, 1.807) is 32.0 Å². The lowest BCUT2D eigenvalue weighted by molar-refractivity contribution is -0.149. The van der Waals surface area contributed by atoms with Crippen LogP contribution >= 0.6 is 0 Å². The molecule has 6 heteroatoms. The van der Waals surface area contributed by atoms with Gasteiger partial charge in [-0.1, -0.05) is 32.0 Å². The summed E-state index contributed by atoms with van der Waals surface area (Å²) in [7, 11) is 0. The number of hydrogen-bond donors (Lipinski definition) is 3. The molecule has 0 aliphatic carbocycles. The van der Waals surface area contributed by atoms with Crippen LogP contribution in [0.3, 0.4) is 0 Å². The number of nitrogens with one attached hydrogen (secondary N) is 2. The van der Waals surface area contributed by atoms with E-state index in [2.05, 4.69) is 10.6 Å². The highest BCUT2D eigenvalue weighted by atomic mass is 19.1. The first-order valence-electron chi connectivity index (χ1n) is 6.93. The van der Waals surface area contributed by atoms with E-state index in [1.807, 2.05) is 0 Å². The average molecular weight is 296 g/mol. The van der Waals surface area contributed by atoms with Crippen molar-refractivity contribution in [3.8, 4) is 0 Å². The maximum Gasteiger partial charge on any atom is 0.315 e. The summed E-state index contributed by atoms with van der Waals surface area (Å²) in [5.74, 6) is -1.32. The zero-order valence-corrected chi connectivity index (χ0v) is 12.3. The van der Waals surface area contributed by atoms with Gasteiger partial charge in [0.15, 0.2) is 0 Å². The Morgan fingerprint density at radius 3 is 2.33 bits per heavy atom. The number of carboxylic acid groups (broad SMARTS) is 1. The molecule has 5 nitrogen and oxygen atoms in total. The first kappa shape index (κ1) is 16.9. The van der Waals surface area contributed by atoms with Crippen molar-refractivity contribution in [2.75, 3.05) is 6.54 Å². The topological polar surface area (TPSA) is 78.4 Å². The largest absolute Gasteiger partial charge is 0.481 e. The second-order valence-electron chi connectivity index (χ2n) is 4.92. The fraction of sp³-hybridized carbons (Fsp3) is 0.467. The van der Waals surface area contributed by atoms with Gasteiger partial charge in [0.2, 0.25) is 0 Å². The lowest BCUT2D eigenvalue weighted by atomic mass is 9.82. The van der Waals surface area contributed by atoms with Crippen molar-refractivity contribution in [2.24, 2.45) is 5.41 Å². The number of amides is 2. The Bertz CT molecular complexity index is 501. The molecule has 0 radical (unpaired) electrons. The molecule has 0 fully saturated rings. The van der Waals surface area contributed by atoms with Gasteiger partial charge in [0.1, 0.15) is 5.82 Å². The number of rotatable bonds is 7. The van der Waals surface area contributed by atoms with Crippen LogP contribution in [-0.2, 0) is 11.3 Å². The highest BCUT2D eigenvalue weighted by molar-refractivity contribution is 5.78. The molecule has 0 saturated heterocycles. The number of aliphatic carboxylic acids is 1. The number of halogens is 1. The van der Waals surface area contributed by atoms with Crippen molar-refractivity contribution < 1.29 is 19.1 Å². The molecule has 1 rings (SSSR count).